The van der Waals surface area contributed by atoms with E-state index in [0.29, 0.717) is 22.2 Å². The molecule has 0 saturated carbocycles. The molecule has 2 unspecified atom stereocenters. The Kier molecular flexibility index (Phi) is 4.93. The highest BCUT2D eigenvalue weighted by Gasteiger charge is 2.29. The molecule has 6 heteroatoms. The molecule has 1 aromatic carbocycles. The van der Waals surface area contributed by atoms with Gasteiger partial charge in [-0.2, -0.15) is 0 Å². The Bertz CT molecular complexity index is 507. The summed E-state index contributed by atoms with van der Waals surface area (Å²) >= 11 is 4.14. The zero-order valence-corrected chi connectivity index (χ0v) is 14.8. The van der Waals surface area contributed by atoms with Crippen molar-refractivity contribution in [2.24, 2.45) is 5.92 Å². The maximum atomic E-state index is 12.4. The van der Waals surface area contributed by atoms with E-state index in [1.54, 1.807) is 11.0 Å². The number of aliphatic hydroxyl groups excluding tert-OH is 1. The van der Waals surface area contributed by atoms with Crippen LogP contribution in [0.1, 0.15) is 23.7 Å². The van der Waals surface area contributed by atoms with Crippen molar-refractivity contribution < 1.29 is 15.0 Å². The lowest BCUT2D eigenvalue weighted by Crippen LogP contribution is -2.45. The first-order valence-corrected chi connectivity index (χ1v) is 8.21. The van der Waals surface area contributed by atoms with Gasteiger partial charge in [0, 0.05) is 16.7 Å². The third-order valence-corrected chi connectivity index (χ3v) is 4.91. The zero-order chi connectivity index (χ0) is 14.2. The lowest BCUT2D eigenvalue weighted by molar-refractivity contribution is 0.0247. The molecule has 4 nitrogen and oxygen atoms in total. The van der Waals surface area contributed by atoms with E-state index in [0.717, 1.165) is 9.99 Å². The monoisotopic (exact) mass is 487 g/mol. The van der Waals surface area contributed by atoms with E-state index in [4.69, 9.17) is 0 Å². The van der Waals surface area contributed by atoms with Gasteiger partial charge in [-0.3, -0.25) is 4.79 Å². The molecule has 0 radical (unpaired) electrons. The molecule has 1 aliphatic heterocycles. The second kappa shape index (κ2) is 6.13. The number of aromatic hydroxyl groups is 1. The van der Waals surface area contributed by atoms with Crippen LogP contribution in [0.15, 0.2) is 12.1 Å². The fourth-order valence-electron chi connectivity index (χ4n) is 2.13. The Labute approximate surface area is 139 Å². The van der Waals surface area contributed by atoms with E-state index in [2.05, 4.69) is 22.6 Å². The van der Waals surface area contributed by atoms with Crippen LogP contribution in [0.5, 0.6) is 5.75 Å². The van der Waals surface area contributed by atoms with Crippen molar-refractivity contribution in [2.45, 2.75) is 19.4 Å². The normalized spacial score (nSPS) is 23.5. The van der Waals surface area contributed by atoms with Crippen molar-refractivity contribution in [3.8, 4) is 5.75 Å². The Morgan fingerprint density at radius 2 is 2.11 bits per heavy atom. The molecule has 0 aliphatic carbocycles. The van der Waals surface area contributed by atoms with E-state index in [1.165, 1.54) is 0 Å². The van der Waals surface area contributed by atoms with Crippen molar-refractivity contribution in [3.63, 3.8) is 0 Å². The first-order chi connectivity index (χ1) is 8.90. The quantitative estimate of drug-likeness (QED) is 0.599. The summed E-state index contributed by atoms with van der Waals surface area (Å²) in [7, 11) is 0. The van der Waals surface area contributed by atoms with Crippen LogP contribution < -0.4 is 0 Å². The summed E-state index contributed by atoms with van der Waals surface area (Å²) in [5, 5.41) is 19.9. The molecule has 2 rings (SSSR count). The van der Waals surface area contributed by atoms with Gasteiger partial charge in [0.1, 0.15) is 5.75 Å². The van der Waals surface area contributed by atoms with Gasteiger partial charge in [0.25, 0.3) is 5.91 Å². The molecule has 1 fully saturated rings. The average molecular weight is 487 g/mol. The number of phenolic OH excluding ortho intramolecular Hbond substituents is 1. The van der Waals surface area contributed by atoms with Crippen LogP contribution in [0.4, 0.5) is 0 Å². The van der Waals surface area contributed by atoms with Gasteiger partial charge in [0.05, 0.1) is 15.2 Å². The molecule has 0 aromatic heterocycles. The molecular formula is C13H15I2NO3. The van der Waals surface area contributed by atoms with Gasteiger partial charge in [-0.05, 0) is 69.7 Å². The summed E-state index contributed by atoms with van der Waals surface area (Å²) < 4.78 is 1.58. The molecule has 104 valence electrons. The van der Waals surface area contributed by atoms with Crippen LogP contribution in [0.2, 0.25) is 0 Å². The van der Waals surface area contributed by atoms with E-state index >= 15 is 0 Å². The molecule has 1 heterocycles. The first-order valence-electron chi connectivity index (χ1n) is 6.05. The lowest BCUT2D eigenvalue weighted by Gasteiger charge is -2.34. The number of nitrogens with zero attached hydrogens (tertiary/aromatic N) is 1. The van der Waals surface area contributed by atoms with Crippen molar-refractivity contribution in [2.75, 3.05) is 13.1 Å². The number of hydrogen-bond donors (Lipinski definition) is 2. The SMILES string of the molecule is CC1CCN(C(=O)c2cc(I)cc(I)c2O)CC1O. The minimum absolute atomic E-state index is 0.0270. The van der Waals surface area contributed by atoms with Gasteiger partial charge >= 0.3 is 0 Å². The summed E-state index contributed by atoms with van der Waals surface area (Å²) in [6.07, 6.45) is 0.302. The number of rotatable bonds is 1. The van der Waals surface area contributed by atoms with Gasteiger partial charge in [-0.15, -0.1) is 0 Å². The highest BCUT2D eigenvalue weighted by Crippen LogP contribution is 2.29. The molecule has 19 heavy (non-hydrogen) atoms. The third-order valence-electron chi connectivity index (χ3n) is 3.46. The van der Waals surface area contributed by atoms with E-state index < -0.39 is 6.10 Å². The van der Waals surface area contributed by atoms with Gasteiger partial charge in [0.2, 0.25) is 0 Å². The van der Waals surface area contributed by atoms with Crippen LogP contribution in [-0.2, 0) is 0 Å². The Hall–Kier alpha value is -0.0900. The largest absolute Gasteiger partial charge is 0.506 e. The number of hydrogen-bond acceptors (Lipinski definition) is 3. The predicted molar refractivity (Wildman–Crippen MR) is 89.2 cm³/mol. The van der Waals surface area contributed by atoms with Gasteiger partial charge < -0.3 is 15.1 Å². The number of aliphatic hydroxyl groups is 1. The third kappa shape index (κ3) is 3.33. The highest BCUT2D eigenvalue weighted by molar-refractivity contribution is 14.1. The van der Waals surface area contributed by atoms with Crippen LogP contribution in [-0.4, -0.2) is 40.2 Å². The minimum Gasteiger partial charge on any atom is -0.506 e. The Morgan fingerprint density at radius 3 is 2.74 bits per heavy atom. The summed E-state index contributed by atoms with van der Waals surface area (Å²) in [4.78, 5) is 14.0. The molecule has 1 aromatic rings. The number of halogens is 2. The highest BCUT2D eigenvalue weighted by atomic mass is 127. The van der Waals surface area contributed by atoms with E-state index in [9.17, 15) is 15.0 Å². The second-order valence-corrected chi connectivity index (χ2v) is 7.28. The molecule has 2 atom stereocenters. The minimum atomic E-state index is -0.485. The van der Waals surface area contributed by atoms with Gasteiger partial charge in [0.15, 0.2) is 0 Å². The Balaban J connectivity index is 2.25. The first kappa shape index (κ1) is 15.3. The molecule has 1 amide bonds. The van der Waals surface area contributed by atoms with Crippen molar-refractivity contribution in [1.82, 2.24) is 4.90 Å². The molecule has 2 N–H and O–H groups in total. The van der Waals surface area contributed by atoms with Crippen LogP contribution in [0, 0.1) is 13.1 Å². The lowest BCUT2D eigenvalue weighted by atomic mass is 9.95. The summed E-state index contributed by atoms with van der Waals surface area (Å²) in [5.74, 6) is 0.0349. The van der Waals surface area contributed by atoms with Crippen molar-refractivity contribution in [3.05, 3.63) is 24.8 Å². The number of carbonyl (C=O) groups is 1. The molecule has 0 spiro atoms. The number of piperidine rings is 1. The topological polar surface area (TPSA) is 60.8 Å². The predicted octanol–water partition coefficient (Wildman–Crippen LogP) is 2.44. The maximum absolute atomic E-state index is 12.4. The fourth-order valence-corrected chi connectivity index (χ4v) is 3.98. The van der Waals surface area contributed by atoms with E-state index in [-0.39, 0.29) is 17.6 Å². The van der Waals surface area contributed by atoms with Crippen LogP contribution in [0.3, 0.4) is 0 Å². The van der Waals surface area contributed by atoms with Gasteiger partial charge in [-0.1, -0.05) is 6.92 Å². The molecule has 1 aliphatic rings. The zero-order valence-electron chi connectivity index (χ0n) is 10.4. The standard InChI is InChI=1S/C13H15I2NO3/c1-7-2-3-16(6-11(7)17)13(19)9-4-8(14)5-10(15)12(9)18/h4-5,7,11,17-18H,2-3,6H2,1H3. The fraction of sp³-hybridized carbons (Fsp3) is 0.462. The number of phenols is 1. The number of amides is 1. The maximum Gasteiger partial charge on any atom is 0.257 e. The van der Waals surface area contributed by atoms with Crippen LogP contribution in [0.25, 0.3) is 0 Å². The summed E-state index contributed by atoms with van der Waals surface area (Å²) in [6, 6.07) is 3.51. The summed E-state index contributed by atoms with van der Waals surface area (Å²) in [5.41, 5.74) is 0.318. The number of likely N-dealkylation sites (tertiary alicyclic amines) is 1. The van der Waals surface area contributed by atoms with Crippen molar-refractivity contribution in [1.29, 1.82) is 0 Å². The van der Waals surface area contributed by atoms with Crippen molar-refractivity contribution >= 4 is 51.1 Å². The summed E-state index contributed by atoms with van der Waals surface area (Å²) in [6.45, 7) is 2.94. The van der Waals surface area contributed by atoms with Gasteiger partial charge in [-0.25, -0.2) is 0 Å². The molecule has 0 bridgehead atoms. The smallest absolute Gasteiger partial charge is 0.257 e. The van der Waals surface area contributed by atoms with Crippen LogP contribution >= 0.6 is 45.2 Å². The second-order valence-electron chi connectivity index (χ2n) is 4.87. The number of β-amino-alcohol motifs (C(OH)–C–C–N with tert-alkyl or cyclic N) is 1. The van der Waals surface area contributed by atoms with E-state index in [1.807, 2.05) is 35.6 Å². The molecule has 1 saturated heterocycles. The molecular weight excluding hydrogens is 472 g/mol. The number of benzene rings is 1. The average Bonchev–Trinajstić information content (AvgIpc) is 2.36. The Morgan fingerprint density at radius 1 is 1.42 bits per heavy atom. The number of carbonyl (C=O) groups excluding carboxylic acids is 1.